The Hall–Kier alpha value is -2.50. The second kappa shape index (κ2) is 7.17. The van der Waals surface area contributed by atoms with E-state index in [1.165, 1.54) is 43.7 Å². The average molecular weight is 314 g/mol. The third-order valence-corrected chi connectivity index (χ3v) is 3.92. The molecule has 5 nitrogen and oxygen atoms in total. The van der Waals surface area contributed by atoms with Crippen LogP contribution < -0.4 is 10.6 Å². The highest BCUT2D eigenvalue weighted by atomic mass is 19.1. The Morgan fingerprint density at radius 1 is 1.13 bits per heavy atom. The van der Waals surface area contributed by atoms with Crippen LogP contribution in [0.25, 0.3) is 0 Å². The molecule has 2 aromatic rings. The highest BCUT2D eigenvalue weighted by Crippen LogP contribution is 2.20. The number of hydrogen-bond donors (Lipinski definition) is 2. The van der Waals surface area contributed by atoms with Gasteiger partial charge in [-0.1, -0.05) is 25.3 Å². The maximum Gasteiger partial charge on any atom is 0.275 e. The number of hydrogen-bond acceptors (Lipinski definition) is 4. The zero-order valence-corrected chi connectivity index (χ0v) is 12.8. The molecule has 3 rings (SSSR count). The number of benzene rings is 1. The molecule has 1 amide bonds. The van der Waals surface area contributed by atoms with Crippen LogP contribution in [0.1, 0.15) is 42.6 Å². The molecule has 1 heterocycles. The molecule has 1 fully saturated rings. The molecule has 2 N–H and O–H groups in total. The van der Waals surface area contributed by atoms with Crippen LogP contribution in [0, 0.1) is 5.82 Å². The summed E-state index contributed by atoms with van der Waals surface area (Å²) in [6.45, 7) is 0. The molecule has 0 spiro atoms. The van der Waals surface area contributed by atoms with Gasteiger partial charge in [-0.25, -0.2) is 14.4 Å². The van der Waals surface area contributed by atoms with E-state index in [2.05, 4.69) is 20.6 Å². The summed E-state index contributed by atoms with van der Waals surface area (Å²) in [5, 5.41) is 5.95. The Balaban J connectivity index is 1.60. The maximum absolute atomic E-state index is 13.1. The first-order valence-electron chi connectivity index (χ1n) is 7.86. The minimum atomic E-state index is -0.410. The summed E-state index contributed by atoms with van der Waals surface area (Å²) in [5.41, 5.74) is 0.588. The lowest BCUT2D eigenvalue weighted by Crippen LogP contribution is -2.23. The van der Waals surface area contributed by atoms with Crippen molar-refractivity contribution in [2.45, 2.75) is 38.1 Å². The molecule has 23 heavy (non-hydrogen) atoms. The third-order valence-electron chi connectivity index (χ3n) is 3.92. The van der Waals surface area contributed by atoms with E-state index in [0.717, 1.165) is 12.8 Å². The fourth-order valence-corrected chi connectivity index (χ4v) is 2.74. The number of carbonyl (C=O) groups is 1. The van der Waals surface area contributed by atoms with Gasteiger partial charge in [0, 0.05) is 11.7 Å². The van der Waals surface area contributed by atoms with Crippen LogP contribution in [-0.2, 0) is 0 Å². The second-order valence-electron chi connectivity index (χ2n) is 5.73. The van der Waals surface area contributed by atoms with E-state index in [4.69, 9.17) is 0 Å². The fraction of sp³-hybridized carbons (Fsp3) is 0.353. The zero-order valence-electron chi connectivity index (χ0n) is 12.8. The maximum atomic E-state index is 13.1. The van der Waals surface area contributed by atoms with Crippen LogP contribution in [0.2, 0.25) is 0 Å². The second-order valence-corrected chi connectivity index (χ2v) is 5.73. The van der Waals surface area contributed by atoms with Gasteiger partial charge in [0.1, 0.15) is 17.3 Å². The lowest BCUT2D eigenvalue weighted by atomic mass is 9.96. The Morgan fingerprint density at radius 3 is 2.65 bits per heavy atom. The summed E-state index contributed by atoms with van der Waals surface area (Å²) < 4.78 is 13.1. The zero-order chi connectivity index (χ0) is 16.1. The normalized spacial score (nSPS) is 15.2. The Morgan fingerprint density at radius 2 is 1.96 bits per heavy atom. The van der Waals surface area contributed by atoms with Crippen molar-refractivity contribution >= 4 is 17.4 Å². The quantitative estimate of drug-likeness (QED) is 0.904. The molecular weight excluding hydrogens is 295 g/mol. The van der Waals surface area contributed by atoms with Gasteiger partial charge < -0.3 is 10.6 Å². The summed E-state index contributed by atoms with van der Waals surface area (Å²) in [7, 11) is 0. The summed E-state index contributed by atoms with van der Waals surface area (Å²) in [6.07, 6.45) is 9.04. The predicted molar refractivity (Wildman–Crippen MR) is 86.9 cm³/mol. The smallest absolute Gasteiger partial charge is 0.275 e. The SMILES string of the molecule is O=C(Nc1cccc(F)c1)c1cnc(NC2CCCCC2)cn1. The van der Waals surface area contributed by atoms with Crippen LogP contribution in [0.5, 0.6) is 0 Å². The van der Waals surface area contributed by atoms with E-state index in [-0.39, 0.29) is 5.69 Å². The first-order chi connectivity index (χ1) is 11.2. The number of rotatable bonds is 4. The predicted octanol–water partition coefficient (Wildman–Crippen LogP) is 3.61. The van der Waals surface area contributed by atoms with E-state index in [1.807, 2.05) is 0 Å². The molecule has 0 aliphatic heterocycles. The van der Waals surface area contributed by atoms with Crippen molar-refractivity contribution in [3.63, 3.8) is 0 Å². The molecular formula is C17H19FN4O. The number of nitrogens with zero attached hydrogens (tertiary/aromatic N) is 2. The molecule has 1 aromatic carbocycles. The first kappa shape index (κ1) is 15.4. The third kappa shape index (κ3) is 4.25. The first-order valence-corrected chi connectivity index (χ1v) is 7.86. The standard InChI is InChI=1S/C17H19FN4O/c18-12-5-4-8-14(9-12)22-17(23)15-10-20-16(11-19-15)21-13-6-2-1-3-7-13/h4-5,8-11,13H,1-3,6-7H2,(H,20,21)(H,22,23). The molecule has 120 valence electrons. The minimum Gasteiger partial charge on any atom is -0.366 e. The van der Waals surface area contributed by atoms with Gasteiger partial charge in [-0.05, 0) is 31.0 Å². The lowest BCUT2D eigenvalue weighted by molar-refractivity contribution is 0.102. The minimum absolute atomic E-state index is 0.198. The molecule has 0 radical (unpaired) electrons. The van der Waals surface area contributed by atoms with Gasteiger partial charge in [0.25, 0.3) is 5.91 Å². The molecule has 0 bridgehead atoms. The monoisotopic (exact) mass is 314 g/mol. The van der Waals surface area contributed by atoms with Gasteiger partial charge in [0.15, 0.2) is 0 Å². The van der Waals surface area contributed by atoms with Gasteiger partial charge in [0.2, 0.25) is 0 Å². The lowest BCUT2D eigenvalue weighted by Gasteiger charge is -2.23. The summed E-state index contributed by atoms with van der Waals surface area (Å²) in [6, 6.07) is 6.16. The van der Waals surface area contributed by atoms with Crippen molar-refractivity contribution in [3.05, 3.63) is 48.2 Å². The topological polar surface area (TPSA) is 66.9 Å². The van der Waals surface area contributed by atoms with Crippen LogP contribution in [-0.4, -0.2) is 21.9 Å². The van der Waals surface area contributed by atoms with Crippen molar-refractivity contribution in [1.82, 2.24) is 9.97 Å². The Kier molecular flexibility index (Phi) is 4.80. The van der Waals surface area contributed by atoms with E-state index >= 15 is 0 Å². The number of carbonyl (C=O) groups excluding carboxylic acids is 1. The summed E-state index contributed by atoms with van der Waals surface area (Å²) >= 11 is 0. The molecule has 1 saturated carbocycles. The highest BCUT2D eigenvalue weighted by Gasteiger charge is 2.14. The Bertz CT molecular complexity index is 669. The number of halogens is 1. The number of aromatic nitrogens is 2. The average Bonchev–Trinajstić information content (AvgIpc) is 2.56. The van der Waals surface area contributed by atoms with Crippen LogP contribution in [0.3, 0.4) is 0 Å². The number of anilines is 2. The highest BCUT2D eigenvalue weighted by molar-refractivity contribution is 6.02. The van der Waals surface area contributed by atoms with Gasteiger partial charge >= 0.3 is 0 Å². The van der Waals surface area contributed by atoms with Crippen molar-refractivity contribution in [1.29, 1.82) is 0 Å². The van der Waals surface area contributed by atoms with E-state index in [0.29, 0.717) is 17.5 Å². The van der Waals surface area contributed by atoms with Gasteiger partial charge in [-0.15, -0.1) is 0 Å². The molecule has 0 unspecified atom stereocenters. The number of amides is 1. The van der Waals surface area contributed by atoms with E-state index < -0.39 is 11.7 Å². The van der Waals surface area contributed by atoms with Gasteiger partial charge in [-0.2, -0.15) is 0 Å². The fourth-order valence-electron chi connectivity index (χ4n) is 2.74. The molecule has 0 atom stereocenters. The molecule has 6 heteroatoms. The largest absolute Gasteiger partial charge is 0.366 e. The molecule has 1 aromatic heterocycles. The number of nitrogens with one attached hydrogen (secondary N) is 2. The van der Waals surface area contributed by atoms with Crippen LogP contribution in [0.4, 0.5) is 15.9 Å². The van der Waals surface area contributed by atoms with Crippen LogP contribution in [0.15, 0.2) is 36.7 Å². The molecule has 1 aliphatic rings. The van der Waals surface area contributed by atoms with Gasteiger partial charge in [-0.3, -0.25) is 4.79 Å². The Labute approximate surface area is 134 Å². The summed E-state index contributed by atoms with van der Waals surface area (Å²) in [5.74, 6) is -0.132. The molecule has 0 saturated heterocycles. The van der Waals surface area contributed by atoms with Crippen molar-refractivity contribution < 1.29 is 9.18 Å². The van der Waals surface area contributed by atoms with Crippen molar-refractivity contribution in [2.75, 3.05) is 10.6 Å². The van der Waals surface area contributed by atoms with E-state index in [1.54, 1.807) is 12.3 Å². The van der Waals surface area contributed by atoms with Crippen molar-refractivity contribution in [2.24, 2.45) is 0 Å². The van der Waals surface area contributed by atoms with Gasteiger partial charge in [0.05, 0.1) is 12.4 Å². The van der Waals surface area contributed by atoms with Crippen LogP contribution >= 0.6 is 0 Å². The summed E-state index contributed by atoms with van der Waals surface area (Å²) in [4.78, 5) is 20.4. The van der Waals surface area contributed by atoms with Crippen molar-refractivity contribution in [3.8, 4) is 0 Å². The molecule has 1 aliphatic carbocycles. The van der Waals surface area contributed by atoms with E-state index in [9.17, 15) is 9.18 Å².